The van der Waals surface area contributed by atoms with Crippen LogP contribution in [0.15, 0.2) is 33.2 Å². The van der Waals surface area contributed by atoms with Crippen molar-refractivity contribution in [3.05, 3.63) is 53.0 Å². The molecule has 2 aromatic rings. The Morgan fingerprint density at radius 2 is 1.82 bits per heavy atom. The van der Waals surface area contributed by atoms with Crippen molar-refractivity contribution in [3.8, 4) is 0 Å². The third-order valence-electron chi connectivity index (χ3n) is 2.17. The summed E-state index contributed by atoms with van der Waals surface area (Å²) in [5.41, 5.74) is 0.869. The average Bonchev–Trinajstić information content (AvgIpc) is 2.62. The molecule has 0 fully saturated rings. The van der Waals surface area contributed by atoms with Crippen molar-refractivity contribution in [3.63, 3.8) is 0 Å². The van der Waals surface area contributed by atoms with Crippen molar-refractivity contribution in [2.75, 3.05) is 0 Å². The molecule has 1 unspecified atom stereocenters. The molecule has 1 atom stereocenters. The van der Waals surface area contributed by atoms with Crippen LogP contribution in [0.5, 0.6) is 0 Å². The molecular formula is C11H5Br2Cl3S. The molecule has 0 amide bonds. The molecule has 1 aromatic carbocycles. The van der Waals surface area contributed by atoms with Gasteiger partial charge in [0.2, 0.25) is 0 Å². The topological polar surface area (TPSA) is 0 Å². The molecule has 0 nitrogen and oxygen atoms in total. The van der Waals surface area contributed by atoms with Gasteiger partial charge in [-0.15, -0.1) is 22.9 Å². The van der Waals surface area contributed by atoms with E-state index in [0.717, 1.165) is 19.4 Å². The van der Waals surface area contributed by atoms with Crippen molar-refractivity contribution in [2.24, 2.45) is 0 Å². The molecule has 0 bridgehead atoms. The first-order valence-corrected chi connectivity index (χ1v) is 8.13. The predicted octanol–water partition coefficient (Wildman–Crippen LogP) is 6.91. The van der Waals surface area contributed by atoms with Crippen LogP contribution in [0, 0.1) is 0 Å². The number of halogens is 5. The fourth-order valence-corrected chi connectivity index (χ4v) is 4.14. The maximum Gasteiger partial charge on any atom is 0.107 e. The normalized spacial score (nSPS) is 12.8. The molecule has 0 aliphatic rings. The highest BCUT2D eigenvalue weighted by atomic mass is 79.9. The fourth-order valence-electron chi connectivity index (χ4n) is 1.36. The minimum atomic E-state index is -0.297. The van der Waals surface area contributed by atoms with E-state index in [1.165, 1.54) is 11.3 Å². The van der Waals surface area contributed by atoms with Gasteiger partial charge in [0.05, 0.1) is 10.4 Å². The van der Waals surface area contributed by atoms with Crippen molar-refractivity contribution in [1.82, 2.24) is 0 Å². The number of alkyl halides is 1. The lowest BCUT2D eigenvalue weighted by Crippen LogP contribution is -1.91. The summed E-state index contributed by atoms with van der Waals surface area (Å²) in [6.45, 7) is 0. The van der Waals surface area contributed by atoms with Gasteiger partial charge in [0.1, 0.15) is 4.34 Å². The molecular weight excluding hydrogens is 430 g/mol. The summed E-state index contributed by atoms with van der Waals surface area (Å²) in [7, 11) is 0. The fraction of sp³-hybridized carbons (Fsp3) is 0.0909. The summed E-state index contributed by atoms with van der Waals surface area (Å²) in [5.74, 6) is 0. The third kappa shape index (κ3) is 3.02. The molecule has 0 aliphatic heterocycles. The van der Waals surface area contributed by atoms with Crippen LogP contribution in [-0.4, -0.2) is 0 Å². The van der Waals surface area contributed by atoms with E-state index >= 15 is 0 Å². The van der Waals surface area contributed by atoms with Gasteiger partial charge in [-0.3, -0.25) is 0 Å². The van der Waals surface area contributed by atoms with Gasteiger partial charge in [0, 0.05) is 13.8 Å². The Morgan fingerprint density at radius 1 is 1.12 bits per heavy atom. The van der Waals surface area contributed by atoms with Crippen LogP contribution >= 0.6 is 78.0 Å². The molecule has 1 heterocycles. The zero-order chi connectivity index (χ0) is 12.6. The molecule has 90 valence electrons. The summed E-state index contributed by atoms with van der Waals surface area (Å²) in [5, 5.41) is 0.335. The minimum absolute atomic E-state index is 0.297. The SMILES string of the molecule is Clc1sc(C(Cl)c2cccc(Br)c2Cl)cc1Br. The second-order valence-corrected chi connectivity index (χ2v) is 7.48. The van der Waals surface area contributed by atoms with E-state index in [2.05, 4.69) is 31.9 Å². The lowest BCUT2D eigenvalue weighted by atomic mass is 10.1. The highest BCUT2D eigenvalue weighted by molar-refractivity contribution is 9.11. The zero-order valence-electron chi connectivity index (χ0n) is 8.18. The van der Waals surface area contributed by atoms with Crippen molar-refractivity contribution in [1.29, 1.82) is 0 Å². The number of hydrogen-bond donors (Lipinski definition) is 0. The van der Waals surface area contributed by atoms with Gasteiger partial charge in [0.25, 0.3) is 0 Å². The highest BCUT2D eigenvalue weighted by Crippen LogP contribution is 2.43. The lowest BCUT2D eigenvalue weighted by molar-refractivity contribution is 1.18. The smallest absolute Gasteiger partial charge is 0.107 e. The Balaban J connectivity index is 2.43. The van der Waals surface area contributed by atoms with E-state index in [9.17, 15) is 0 Å². The van der Waals surface area contributed by atoms with E-state index in [0.29, 0.717) is 9.36 Å². The summed E-state index contributed by atoms with van der Waals surface area (Å²) < 4.78 is 2.39. The largest absolute Gasteiger partial charge is 0.125 e. The quantitative estimate of drug-likeness (QED) is 0.450. The zero-order valence-corrected chi connectivity index (χ0v) is 14.4. The molecule has 6 heteroatoms. The highest BCUT2D eigenvalue weighted by Gasteiger charge is 2.18. The first kappa shape index (κ1) is 14.2. The number of benzene rings is 1. The van der Waals surface area contributed by atoms with Crippen LogP contribution in [-0.2, 0) is 0 Å². The van der Waals surface area contributed by atoms with Gasteiger partial charge >= 0.3 is 0 Å². The van der Waals surface area contributed by atoms with Gasteiger partial charge in [0.15, 0.2) is 0 Å². The minimum Gasteiger partial charge on any atom is -0.125 e. The monoisotopic (exact) mass is 432 g/mol. The van der Waals surface area contributed by atoms with Crippen molar-refractivity contribution < 1.29 is 0 Å². The maximum atomic E-state index is 6.42. The molecule has 0 saturated carbocycles. The van der Waals surface area contributed by atoms with E-state index in [1.54, 1.807) is 0 Å². The van der Waals surface area contributed by atoms with E-state index in [4.69, 9.17) is 34.8 Å². The molecule has 0 N–H and O–H groups in total. The molecule has 17 heavy (non-hydrogen) atoms. The van der Waals surface area contributed by atoms with Gasteiger partial charge in [-0.2, -0.15) is 0 Å². The average molecular weight is 435 g/mol. The molecule has 0 radical (unpaired) electrons. The number of thiophene rings is 1. The van der Waals surface area contributed by atoms with Crippen LogP contribution in [0.2, 0.25) is 9.36 Å². The third-order valence-corrected chi connectivity index (χ3v) is 6.62. The lowest BCUT2D eigenvalue weighted by Gasteiger charge is -2.10. The summed E-state index contributed by atoms with van der Waals surface area (Å²) >= 11 is 26.8. The summed E-state index contributed by atoms with van der Waals surface area (Å²) in [6.07, 6.45) is 0. The first-order valence-electron chi connectivity index (χ1n) is 4.53. The van der Waals surface area contributed by atoms with E-state index in [1.807, 2.05) is 24.3 Å². The molecule has 0 saturated heterocycles. The number of hydrogen-bond acceptors (Lipinski definition) is 1. The van der Waals surface area contributed by atoms with Gasteiger partial charge in [-0.05, 0) is 49.6 Å². The van der Waals surface area contributed by atoms with E-state index < -0.39 is 0 Å². The van der Waals surface area contributed by atoms with Gasteiger partial charge in [-0.1, -0.05) is 35.3 Å². The molecule has 2 rings (SSSR count). The van der Waals surface area contributed by atoms with Crippen LogP contribution in [0.25, 0.3) is 0 Å². The molecule has 0 aliphatic carbocycles. The Labute approximate surface area is 135 Å². The van der Waals surface area contributed by atoms with Crippen LogP contribution in [0.1, 0.15) is 15.8 Å². The van der Waals surface area contributed by atoms with Gasteiger partial charge < -0.3 is 0 Å². The molecule has 0 spiro atoms. The summed E-state index contributed by atoms with van der Waals surface area (Å²) in [6, 6.07) is 7.62. The van der Waals surface area contributed by atoms with E-state index in [-0.39, 0.29) is 5.38 Å². The Kier molecular flexibility index (Phi) is 4.84. The standard InChI is InChI=1S/C11H5Br2Cl3S/c12-6-3-1-2-5(9(6)14)10(15)8-4-7(13)11(16)17-8/h1-4,10H. The number of rotatable bonds is 2. The first-order chi connectivity index (χ1) is 8.00. The van der Waals surface area contributed by atoms with Crippen LogP contribution in [0.3, 0.4) is 0 Å². The van der Waals surface area contributed by atoms with Crippen LogP contribution in [0.4, 0.5) is 0 Å². The van der Waals surface area contributed by atoms with Crippen LogP contribution < -0.4 is 0 Å². The predicted molar refractivity (Wildman–Crippen MR) is 83.9 cm³/mol. The second kappa shape index (κ2) is 5.81. The van der Waals surface area contributed by atoms with Crippen molar-refractivity contribution in [2.45, 2.75) is 5.38 Å². The van der Waals surface area contributed by atoms with Crippen molar-refractivity contribution >= 4 is 78.0 Å². The summed E-state index contributed by atoms with van der Waals surface area (Å²) in [4.78, 5) is 0.962. The Morgan fingerprint density at radius 3 is 2.41 bits per heavy atom. The second-order valence-electron chi connectivity index (χ2n) is 3.28. The molecule has 1 aromatic heterocycles. The van der Waals surface area contributed by atoms with Gasteiger partial charge in [-0.25, -0.2) is 0 Å². The Hall–Kier alpha value is 0.750. The maximum absolute atomic E-state index is 6.42. The Bertz CT molecular complexity index is 534.